The van der Waals surface area contributed by atoms with Gasteiger partial charge in [-0.05, 0) is 131 Å². The number of thiazole rings is 1. The van der Waals surface area contributed by atoms with Crippen LogP contribution in [0, 0.1) is 12.8 Å². The van der Waals surface area contributed by atoms with Crippen molar-refractivity contribution in [2.45, 2.75) is 72.4 Å². The number of fused-ring (bicyclic) bond motifs is 2. The summed E-state index contributed by atoms with van der Waals surface area (Å²) in [4.78, 5) is 53.5. The van der Waals surface area contributed by atoms with Crippen LogP contribution in [-0.4, -0.2) is 77.7 Å². The van der Waals surface area contributed by atoms with Crippen molar-refractivity contribution in [3.8, 4) is 16.9 Å². The van der Waals surface area contributed by atoms with Crippen LogP contribution in [0.2, 0.25) is 0 Å². The number of esters is 2. The molecule has 12 heteroatoms. The number of likely N-dealkylation sites (tertiary alicyclic amines) is 1. The van der Waals surface area contributed by atoms with Crippen LogP contribution >= 0.6 is 11.3 Å². The molecular formula is C45H51N5O6S. The topological polar surface area (TPSA) is 123 Å². The maximum atomic E-state index is 13.9. The first kappa shape index (κ1) is 39.9. The minimum atomic E-state index is -0.730. The summed E-state index contributed by atoms with van der Waals surface area (Å²) >= 11 is 1.45. The van der Waals surface area contributed by atoms with Crippen molar-refractivity contribution in [1.82, 2.24) is 14.9 Å². The van der Waals surface area contributed by atoms with Gasteiger partial charge in [0.05, 0.1) is 30.0 Å². The SMILES string of the molecule is CCOC(=O)CN1CCC[C@H](CCOc2cccc(-c3ccc(N4CCc5cccc(C(=O)Nc6nc7ccccc7s6)c5C4)nc3C(=O)OC(C)(C)C)c2C)C1. The van der Waals surface area contributed by atoms with Crippen molar-refractivity contribution < 1.29 is 28.6 Å². The number of pyridine rings is 1. The summed E-state index contributed by atoms with van der Waals surface area (Å²) in [5.74, 6) is 0.905. The zero-order valence-electron chi connectivity index (χ0n) is 33.4. The molecular weight excluding hydrogens is 739 g/mol. The first-order valence-corrected chi connectivity index (χ1v) is 20.6. The molecule has 1 N–H and O–H groups in total. The van der Waals surface area contributed by atoms with Gasteiger partial charge < -0.3 is 19.1 Å². The van der Waals surface area contributed by atoms with E-state index in [4.69, 9.17) is 19.2 Å². The Morgan fingerprint density at radius 1 is 0.947 bits per heavy atom. The molecule has 2 aliphatic rings. The fourth-order valence-electron chi connectivity index (χ4n) is 7.72. The molecule has 11 nitrogen and oxygen atoms in total. The number of carbonyl (C=O) groups is 3. The van der Waals surface area contributed by atoms with Gasteiger partial charge in [-0.15, -0.1) is 0 Å². The molecule has 298 valence electrons. The molecule has 2 aromatic heterocycles. The Labute approximate surface area is 338 Å². The smallest absolute Gasteiger partial charge is 0.358 e. The second-order valence-electron chi connectivity index (χ2n) is 15.7. The van der Waals surface area contributed by atoms with E-state index in [2.05, 4.69) is 26.2 Å². The standard InChI is InChI=1S/C45H51N5O6S/c1-6-54-40(51)28-49-23-11-12-30(26-49)22-25-55-37-17-10-14-32(29(37)2)33-19-20-39(47-41(33)43(53)56-45(3,4)5)50-24-21-31-13-9-15-34(35(31)27-50)42(52)48-44-46-36-16-7-8-18-38(36)57-44/h7-10,13-20,30H,6,11-12,21-28H2,1-5H3,(H,46,48,52)/t30-/m1/s1. The summed E-state index contributed by atoms with van der Waals surface area (Å²) in [6.07, 6.45) is 3.72. The lowest BCUT2D eigenvalue weighted by Gasteiger charge is -2.32. The number of para-hydroxylation sites is 1. The van der Waals surface area contributed by atoms with Crippen LogP contribution in [0.5, 0.6) is 5.75 Å². The van der Waals surface area contributed by atoms with E-state index in [0.717, 1.165) is 70.6 Å². The Morgan fingerprint density at radius 3 is 2.58 bits per heavy atom. The molecule has 0 radical (unpaired) electrons. The quantitative estimate of drug-likeness (QED) is 0.123. The van der Waals surface area contributed by atoms with Gasteiger partial charge in [-0.3, -0.25) is 19.8 Å². The molecule has 7 rings (SSSR count). The van der Waals surface area contributed by atoms with Crippen molar-refractivity contribution >= 4 is 50.3 Å². The summed E-state index contributed by atoms with van der Waals surface area (Å²) in [6.45, 7) is 13.5. The zero-order valence-corrected chi connectivity index (χ0v) is 34.2. The number of rotatable bonds is 12. The number of benzene rings is 3. The van der Waals surface area contributed by atoms with Gasteiger partial charge in [-0.25, -0.2) is 14.8 Å². The number of ether oxygens (including phenoxy) is 3. The lowest BCUT2D eigenvalue weighted by Crippen LogP contribution is -2.39. The summed E-state index contributed by atoms with van der Waals surface area (Å²) in [5, 5.41) is 3.57. The normalized spacial score (nSPS) is 15.9. The van der Waals surface area contributed by atoms with Gasteiger partial charge in [0.25, 0.3) is 5.91 Å². The third kappa shape index (κ3) is 9.62. The Kier molecular flexibility index (Phi) is 12.2. The molecule has 0 saturated carbocycles. The molecule has 0 aliphatic carbocycles. The van der Waals surface area contributed by atoms with Gasteiger partial charge >= 0.3 is 11.9 Å². The number of amides is 1. The van der Waals surface area contributed by atoms with Crippen LogP contribution in [0.4, 0.5) is 10.9 Å². The predicted octanol–water partition coefficient (Wildman–Crippen LogP) is 8.48. The van der Waals surface area contributed by atoms with E-state index in [0.29, 0.717) is 67.3 Å². The first-order valence-electron chi connectivity index (χ1n) is 19.8. The number of carbonyl (C=O) groups excluding carboxylic acids is 3. The fraction of sp³-hybridized carbons (Fsp3) is 0.400. The van der Waals surface area contributed by atoms with Crippen LogP contribution in [0.3, 0.4) is 0 Å². The number of aromatic nitrogens is 2. The minimum absolute atomic E-state index is 0.174. The molecule has 0 spiro atoms. The first-order chi connectivity index (χ1) is 27.5. The van der Waals surface area contributed by atoms with Crippen molar-refractivity contribution in [2.24, 2.45) is 5.92 Å². The minimum Gasteiger partial charge on any atom is -0.493 e. The monoisotopic (exact) mass is 789 g/mol. The van der Waals surface area contributed by atoms with E-state index in [-0.39, 0.29) is 17.6 Å². The molecule has 4 heterocycles. The Hall–Kier alpha value is -5.33. The van der Waals surface area contributed by atoms with Crippen molar-refractivity contribution in [3.63, 3.8) is 0 Å². The van der Waals surface area contributed by atoms with E-state index in [1.807, 2.05) is 101 Å². The van der Waals surface area contributed by atoms with Crippen molar-refractivity contribution in [1.29, 1.82) is 0 Å². The van der Waals surface area contributed by atoms with Crippen molar-refractivity contribution in [2.75, 3.05) is 49.6 Å². The Morgan fingerprint density at radius 2 is 1.77 bits per heavy atom. The average molecular weight is 790 g/mol. The van der Waals surface area contributed by atoms with E-state index >= 15 is 0 Å². The maximum absolute atomic E-state index is 13.9. The largest absolute Gasteiger partial charge is 0.493 e. The lowest BCUT2D eigenvalue weighted by molar-refractivity contribution is -0.144. The van der Waals surface area contributed by atoms with E-state index in [1.54, 1.807) is 0 Å². The molecule has 2 aliphatic heterocycles. The zero-order chi connectivity index (χ0) is 40.1. The number of hydrogen-bond acceptors (Lipinski definition) is 11. The van der Waals surface area contributed by atoms with E-state index in [9.17, 15) is 14.4 Å². The van der Waals surface area contributed by atoms with Gasteiger partial charge in [0.1, 0.15) is 17.2 Å². The molecule has 0 bridgehead atoms. The molecule has 57 heavy (non-hydrogen) atoms. The molecule has 1 saturated heterocycles. The number of hydrogen-bond donors (Lipinski definition) is 1. The van der Waals surface area contributed by atoms with Crippen molar-refractivity contribution in [3.05, 3.63) is 101 Å². The van der Waals surface area contributed by atoms with Gasteiger partial charge in [0, 0.05) is 30.8 Å². The summed E-state index contributed by atoms with van der Waals surface area (Å²) in [6, 6.07) is 23.4. The van der Waals surface area contributed by atoms with Crippen LogP contribution in [0.1, 0.15) is 84.5 Å². The fourth-order valence-corrected chi connectivity index (χ4v) is 8.58. The highest BCUT2D eigenvalue weighted by Crippen LogP contribution is 2.36. The van der Waals surface area contributed by atoms with Gasteiger partial charge in [-0.1, -0.05) is 47.7 Å². The second kappa shape index (κ2) is 17.4. The van der Waals surface area contributed by atoms with Gasteiger partial charge in [0.15, 0.2) is 10.8 Å². The Balaban J connectivity index is 1.10. The maximum Gasteiger partial charge on any atom is 0.358 e. The van der Waals surface area contributed by atoms with Crippen LogP contribution < -0.4 is 15.0 Å². The number of nitrogens with one attached hydrogen (secondary N) is 1. The summed E-state index contributed by atoms with van der Waals surface area (Å²) < 4.78 is 18.5. The highest BCUT2D eigenvalue weighted by Gasteiger charge is 2.28. The highest BCUT2D eigenvalue weighted by molar-refractivity contribution is 7.22. The lowest BCUT2D eigenvalue weighted by atomic mass is 9.94. The van der Waals surface area contributed by atoms with Crippen LogP contribution in [-0.2, 0) is 27.2 Å². The third-order valence-corrected chi connectivity index (χ3v) is 11.4. The highest BCUT2D eigenvalue weighted by atomic mass is 32.1. The summed E-state index contributed by atoms with van der Waals surface area (Å²) in [7, 11) is 0. The van der Waals surface area contributed by atoms with Gasteiger partial charge in [0.2, 0.25) is 0 Å². The molecule has 1 atom stereocenters. The predicted molar refractivity (Wildman–Crippen MR) is 224 cm³/mol. The molecule has 0 unspecified atom stereocenters. The molecule has 1 fully saturated rings. The van der Waals surface area contributed by atoms with E-state index < -0.39 is 11.6 Å². The summed E-state index contributed by atoms with van der Waals surface area (Å²) in [5.41, 5.74) is 5.36. The van der Waals surface area contributed by atoms with E-state index in [1.165, 1.54) is 11.3 Å². The van der Waals surface area contributed by atoms with Gasteiger partial charge in [-0.2, -0.15) is 0 Å². The number of piperidine rings is 1. The molecule has 5 aromatic rings. The van der Waals surface area contributed by atoms with Crippen LogP contribution in [0.15, 0.2) is 72.8 Å². The third-order valence-electron chi connectivity index (χ3n) is 10.4. The second-order valence-corrected chi connectivity index (χ2v) is 16.8. The average Bonchev–Trinajstić information content (AvgIpc) is 3.60. The van der Waals surface area contributed by atoms with Crippen LogP contribution in [0.25, 0.3) is 21.3 Å². The molecule has 3 aromatic carbocycles. The number of anilines is 2. The number of nitrogens with zero attached hydrogens (tertiary/aromatic N) is 4. The Bertz CT molecular complexity index is 2230. The molecule has 1 amide bonds.